The second kappa shape index (κ2) is 8.55. The highest BCUT2D eigenvalue weighted by Crippen LogP contribution is 2.25. The summed E-state index contributed by atoms with van der Waals surface area (Å²) >= 11 is 0. The Bertz CT molecular complexity index is 1250. The summed E-state index contributed by atoms with van der Waals surface area (Å²) in [5, 5.41) is 2.71. The van der Waals surface area contributed by atoms with E-state index in [1.807, 2.05) is 0 Å². The van der Waals surface area contributed by atoms with Gasteiger partial charge in [-0.15, -0.1) is 0 Å². The van der Waals surface area contributed by atoms with E-state index in [0.29, 0.717) is 16.8 Å². The van der Waals surface area contributed by atoms with Gasteiger partial charge >= 0.3 is 5.97 Å². The summed E-state index contributed by atoms with van der Waals surface area (Å²) in [4.78, 5) is 25.0. The van der Waals surface area contributed by atoms with Gasteiger partial charge in [0, 0.05) is 5.69 Å². The molecule has 0 atom stereocenters. The van der Waals surface area contributed by atoms with E-state index in [4.69, 9.17) is 4.74 Å². The van der Waals surface area contributed by atoms with Gasteiger partial charge in [0.05, 0.1) is 28.3 Å². The molecule has 1 N–H and O–H groups in total. The maximum Gasteiger partial charge on any atom is 0.311 e. The van der Waals surface area contributed by atoms with Crippen LogP contribution < -0.4 is 5.56 Å². The molecule has 1 heterocycles. The van der Waals surface area contributed by atoms with Crippen LogP contribution in [0.3, 0.4) is 0 Å². The van der Waals surface area contributed by atoms with Crippen molar-refractivity contribution < 1.29 is 17.9 Å². The zero-order valence-corrected chi connectivity index (χ0v) is 18.8. The smallest absolute Gasteiger partial charge is 0.311 e. The van der Waals surface area contributed by atoms with Crippen LogP contribution in [-0.4, -0.2) is 29.8 Å². The molecule has 31 heavy (non-hydrogen) atoms. The van der Waals surface area contributed by atoms with Crippen LogP contribution in [0.15, 0.2) is 69.2 Å². The van der Waals surface area contributed by atoms with Gasteiger partial charge in [-0.1, -0.05) is 36.4 Å². The first kappa shape index (κ1) is 22.6. The fourth-order valence-electron chi connectivity index (χ4n) is 3.28. The Labute approximate surface area is 181 Å². The lowest BCUT2D eigenvalue weighted by Crippen LogP contribution is -2.26. The highest BCUT2D eigenvalue weighted by atomic mass is 32.2. The Balaban J connectivity index is 1.93. The summed E-state index contributed by atoms with van der Waals surface area (Å²) in [6.45, 7) is 7.13. The molecule has 2 aromatic carbocycles. The number of H-pyrrole nitrogens is 1. The van der Waals surface area contributed by atoms with Crippen LogP contribution in [0.5, 0.6) is 0 Å². The van der Waals surface area contributed by atoms with Gasteiger partial charge in [0.25, 0.3) is 5.56 Å². The molecule has 0 spiro atoms. The highest BCUT2D eigenvalue weighted by Gasteiger charge is 2.23. The number of hydrogen-bond acceptors (Lipinski definition) is 5. The van der Waals surface area contributed by atoms with Gasteiger partial charge in [-0.25, -0.2) is 8.42 Å². The van der Waals surface area contributed by atoms with Crippen molar-refractivity contribution in [2.45, 2.75) is 56.1 Å². The van der Waals surface area contributed by atoms with Crippen molar-refractivity contribution >= 4 is 15.8 Å². The number of nitrogens with one attached hydrogen (secondary N) is 1. The van der Waals surface area contributed by atoms with E-state index >= 15 is 0 Å². The first-order valence-electron chi connectivity index (χ1n) is 9.87. The van der Waals surface area contributed by atoms with Gasteiger partial charge in [0.15, 0.2) is 0 Å². The van der Waals surface area contributed by atoms with Crippen molar-refractivity contribution in [1.82, 2.24) is 9.78 Å². The number of rotatable bonds is 6. The van der Waals surface area contributed by atoms with Crippen LogP contribution in [0.4, 0.5) is 0 Å². The number of hydrogen-bond donors (Lipinski definition) is 1. The molecule has 8 heteroatoms. The van der Waals surface area contributed by atoms with E-state index < -0.39 is 27.0 Å². The molecule has 0 radical (unpaired) electrons. The van der Waals surface area contributed by atoms with Gasteiger partial charge in [-0.3, -0.25) is 19.4 Å². The quantitative estimate of drug-likeness (QED) is 0.591. The minimum Gasteiger partial charge on any atom is -0.460 e. The lowest BCUT2D eigenvalue weighted by atomic mass is 10.1. The average Bonchev–Trinajstić information content (AvgIpc) is 2.95. The fraction of sp³-hybridized carbons (Fsp3) is 0.304. The summed E-state index contributed by atoms with van der Waals surface area (Å²) < 4.78 is 33.1. The number of carbonyl (C=O) groups is 1. The molecule has 3 aromatic rings. The van der Waals surface area contributed by atoms with Crippen LogP contribution in [0.2, 0.25) is 0 Å². The number of sulfone groups is 1. The third-order valence-corrected chi connectivity index (χ3v) is 6.61. The Morgan fingerprint density at radius 1 is 1.03 bits per heavy atom. The predicted molar refractivity (Wildman–Crippen MR) is 117 cm³/mol. The van der Waals surface area contributed by atoms with Crippen LogP contribution >= 0.6 is 0 Å². The molecule has 164 valence electrons. The molecule has 1 aromatic heterocycles. The largest absolute Gasteiger partial charge is 0.460 e. The van der Waals surface area contributed by atoms with E-state index in [9.17, 15) is 18.0 Å². The number of benzene rings is 2. The molecule has 0 bridgehead atoms. The lowest BCUT2D eigenvalue weighted by molar-refractivity contribution is -0.153. The van der Waals surface area contributed by atoms with E-state index in [1.165, 1.54) is 0 Å². The normalized spacial score (nSPS) is 12.0. The minimum atomic E-state index is -3.72. The Morgan fingerprint density at radius 3 is 2.29 bits per heavy atom. The standard InChI is InChI=1S/C23H26N2O5S/c1-16-19(14-21(26)30-23(2,3)4)22(27)24-25(16)15-17-10-8-9-13-20(17)31(28,29)18-11-6-5-7-12-18/h5-13H,14-15H2,1-4H3,(H,24,27). The monoisotopic (exact) mass is 442 g/mol. The second-order valence-corrected chi connectivity index (χ2v) is 10.2. The summed E-state index contributed by atoms with van der Waals surface area (Å²) in [5.41, 5.74) is 0.349. The first-order chi connectivity index (χ1) is 14.5. The lowest BCUT2D eigenvalue weighted by Gasteiger charge is -2.19. The molecule has 0 fully saturated rings. The topological polar surface area (TPSA) is 98.2 Å². The summed E-state index contributed by atoms with van der Waals surface area (Å²) in [7, 11) is -3.72. The van der Waals surface area contributed by atoms with Crippen LogP contribution in [0, 0.1) is 6.92 Å². The number of carbonyl (C=O) groups excluding carboxylic acids is 1. The van der Waals surface area contributed by atoms with Crippen molar-refractivity contribution in [3.8, 4) is 0 Å². The van der Waals surface area contributed by atoms with E-state index in [-0.39, 0.29) is 22.8 Å². The third kappa shape index (κ3) is 5.14. The summed E-state index contributed by atoms with van der Waals surface area (Å²) in [5.74, 6) is -0.495. The van der Waals surface area contributed by atoms with Crippen LogP contribution in [0.1, 0.15) is 37.6 Å². The molecule has 0 saturated carbocycles. The summed E-state index contributed by atoms with van der Waals surface area (Å²) in [6, 6.07) is 14.9. The van der Waals surface area contributed by atoms with Gasteiger partial charge in [-0.2, -0.15) is 0 Å². The highest BCUT2D eigenvalue weighted by molar-refractivity contribution is 7.91. The zero-order chi connectivity index (χ0) is 22.8. The van der Waals surface area contributed by atoms with E-state index in [0.717, 1.165) is 0 Å². The molecule has 0 amide bonds. The zero-order valence-electron chi connectivity index (χ0n) is 18.0. The van der Waals surface area contributed by atoms with Gasteiger partial charge in [-0.05, 0) is 51.5 Å². The molecule has 0 unspecified atom stereocenters. The van der Waals surface area contributed by atoms with Gasteiger partial charge in [0.1, 0.15) is 5.60 Å². The molecule has 7 nitrogen and oxygen atoms in total. The molecule has 0 saturated heterocycles. The molecule has 3 rings (SSSR count). The van der Waals surface area contributed by atoms with Crippen molar-refractivity contribution in [2.24, 2.45) is 0 Å². The SMILES string of the molecule is Cc1c(CC(=O)OC(C)(C)C)c(=O)[nH]n1Cc1ccccc1S(=O)(=O)c1ccccc1. The Morgan fingerprint density at radius 2 is 1.65 bits per heavy atom. The minimum absolute atomic E-state index is 0.137. The van der Waals surface area contributed by atoms with E-state index in [2.05, 4.69) is 5.10 Å². The molecule has 0 aliphatic heterocycles. The Hall–Kier alpha value is -3.13. The van der Waals surface area contributed by atoms with Gasteiger partial charge in [0.2, 0.25) is 9.84 Å². The second-order valence-electron chi connectivity index (χ2n) is 8.28. The van der Waals surface area contributed by atoms with Crippen molar-refractivity contribution in [3.05, 3.63) is 81.8 Å². The number of esters is 1. The van der Waals surface area contributed by atoms with E-state index in [1.54, 1.807) is 87.0 Å². The maximum atomic E-state index is 13.1. The summed E-state index contributed by atoms with van der Waals surface area (Å²) in [6.07, 6.45) is -0.157. The average molecular weight is 443 g/mol. The molecular weight excluding hydrogens is 416 g/mol. The van der Waals surface area contributed by atoms with Crippen molar-refractivity contribution in [2.75, 3.05) is 0 Å². The third-order valence-electron chi connectivity index (χ3n) is 4.74. The number of aromatic nitrogens is 2. The van der Waals surface area contributed by atoms with Gasteiger partial charge < -0.3 is 4.74 Å². The van der Waals surface area contributed by atoms with Crippen molar-refractivity contribution in [1.29, 1.82) is 0 Å². The Kier molecular flexibility index (Phi) is 6.22. The van der Waals surface area contributed by atoms with Crippen LogP contribution in [-0.2, 0) is 32.3 Å². The number of ether oxygens (including phenoxy) is 1. The number of nitrogens with zero attached hydrogens (tertiary/aromatic N) is 1. The predicted octanol–water partition coefficient (Wildman–Crippen LogP) is 3.25. The molecule has 0 aliphatic rings. The fourth-order valence-corrected chi connectivity index (χ4v) is 4.79. The maximum absolute atomic E-state index is 13.1. The molecule has 0 aliphatic carbocycles. The first-order valence-corrected chi connectivity index (χ1v) is 11.4. The van der Waals surface area contributed by atoms with Crippen molar-refractivity contribution in [3.63, 3.8) is 0 Å². The van der Waals surface area contributed by atoms with Crippen LogP contribution in [0.25, 0.3) is 0 Å². The molecular formula is C23H26N2O5S. The number of aromatic amines is 1.